The zero-order chi connectivity index (χ0) is 74.1. The van der Waals surface area contributed by atoms with Crippen LogP contribution in [0, 0.1) is 5.92 Å². The molecule has 0 aromatic carbocycles. The molecule has 0 saturated heterocycles. The molecule has 0 fully saturated rings. The van der Waals surface area contributed by atoms with E-state index in [-0.39, 0.29) is 25.7 Å². The minimum Gasteiger partial charge on any atom is -0.462 e. The first-order chi connectivity index (χ1) is 49.0. The van der Waals surface area contributed by atoms with Crippen LogP contribution in [0.25, 0.3) is 0 Å². The zero-order valence-electron chi connectivity index (χ0n) is 66.1. The van der Waals surface area contributed by atoms with Crippen LogP contribution in [-0.2, 0) is 65.4 Å². The van der Waals surface area contributed by atoms with Crippen molar-refractivity contribution >= 4 is 39.5 Å². The maximum Gasteiger partial charge on any atom is 0.472 e. The molecule has 19 heteroatoms. The summed E-state index contributed by atoms with van der Waals surface area (Å²) in [6, 6.07) is 0. The lowest BCUT2D eigenvalue weighted by Crippen LogP contribution is -2.30. The average molecular weight is 1480 g/mol. The molecule has 0 heterocycles. The van der Waals surface area contributed by atoms with Crippen molar-refractivity contribution in [1.29, 1.82) is 0 Å². The summed E-state index contributed by atoms with van der Waals surface area (Å²) in [6.45, 7) is 7.34. The van der Waals surface area contributed by atoms with Gasteiger partial charge in [0, 0.05) is 25.7 Å². The van der Waals surface area contributed by atoms with Crippen LogP contribution in [0.5, 0.6) is 0 Å². The normalized spacial score (nSPS) is 13.8. The predicted molar refractivity (Wildman–Crippen MR) is 414 cm³/mol. The quantitative estimate of drug-likeness (QED) is 0.0222. The average Bonchev–Trinajstić information content (AvgIpc) is 0.917. The molecule has 0 rings (SSSR count). The van der Waals surface area contributed by atoms with Crippen LogP contribution < -0.4 is 0 Å². The Kier molecular flexibility index (Phi) is 73.5. The largest absolute Gasteiger partial charge is 0.472 e. The van der Waals surface area contributed by atoms with Gasteiger partial charge in [0.05, 0.1) is 26.4 Å². The number of phosphoric ester groups is 2. The van der Waals surface area contributed by atoms with E-state index >= 15 is 0 Å². The van der Waals surface area contributed by atoms with Gasteiger partial charge >= 0.3 is 39.5 Å². The molecule has 0 aliphatic carbocycles. The molecule has 0 aliphatic rings. The van der Waals surface area contributed by atoms with Gasteiger partial charge in [0.1, 0.15) is 19.3 Å². The van der Waals surface area contributed by atoms with Crippen LogP contribution >= 0.6 is 15.6 Å². The number of esters is 4. The van der Waals surface area contributed by atoms with E-state index < -0.39 is 97.5 Å². The van der Waals surface area contributed by atoms with Crippen LogP contribution in [0.3, 0.4) is 0 Å². The first-order valence-electron chi connectivity index (χ1n) is 42.6. The minimum absolute atomic E-state index is 0.109. The Balaban J connectivity index is 5.23. The number of unbranched alkanes of at least 4 members (excludes halogenated alkanes) is 54. The molecule has 2 unspecified atom stereocenters. The summed E-state index contributed by atoms with van der Waals surface area (Å²) in [7, 11) is -9.92. The van der Waals surface area contributed by atoms with Crippen molar-refractivity contribution in [3.63, 3.8) is 0 Å². The van der Waals surface area contributed by atoms with E-state index in [1.54, 1.807) is 0 Å². The van der Waals surface area contributed by atoms with Crippen molar-refractivity contribution in [2.24, 2.45) is 5.92 Å². The standard InChI is InChI=1S/C82H160O17P2/c1-6-9-12-15-18-21-24-27-29-30-31-32-33-34-35-37-42-48-53-58-63-68-82(87)99-78(72-93-80(85)66-61-56-51-46-43-38-39-44-49-54-59-64-75(4)5)74-97-101(90,91)95-70-76(83)69-94-100(88,89)96-73-77(71-92-79(84)65-60-55-50-45-40-26-23-20-17-14-11-8-3)98-81(86)67-62-57-52-47-41-36-28-25-22-19-16-13-10-7-2/h75-78,83H,6-74H2,1-5H3,(H,88,89)(H,90,91)/t76-,77+,78+/m0/s1. The highest BCUT2D eigenvalue weighted by Crippen LogP contribution is 2.45. The highest BCUT2D eigenvalue weighted by Gasteiger charge is 2.30. The Labute approximate surface area is 619 Å². The van der Waals surface area contributed by atoms with E-state index in [2.05, 4.69) is 34.6 Å². The topological polar surface area (TPSA) is 237 Å². The third-order valence-corrected chi connectivity index (χ3v) is 21.2. The fourth-order valence-corrected chi connectivity index (χ4v) is 14.3. The number of aliphatic hydroxyl groups excluding tert-OH is 1. The Morgan fingerprint density at radius 2 is 0.455 bits per heavy atom. The molecule has 101 heavy (non-hydrogen) atoms. The number of hydrogen-bond acceptors (Lipinski definition) is 15. The fourth-order valence-electron chi connectivity index (χ4n) is 12.8. The summed E-state index contributed by atoms with van der Waals surface area (Å²) in [5.74, 6) is -1.33. The molecule has 0 amide bonds. The first kappa shape index (κ1) is 99.1. The van der Waals surface area contributed by atoms with Gasteiger partial charge in [-0.05, 0) is 31.6 Å². The van der Waals surface area contributed by atoms with E-state index in [9.17, 15) is 43.2 Å². The van der Waals surface area contributed by atoms with Gasteiger partial charge in [-0.2, -0.15) is 0 Å². The number of rotatable bonds is 82. The summed E-state index contributed by atoms with van der Waals surface area (Å²) in [5.41, 5.74) is 0. The number of ether oxygens (including phenoxy) is 4. The van der Waals surface area contributed by atoms with Crippen molar-refractivity contribution < 1.29 is 80.2 Å². The molecule has 17 nitrogen and oxygen atoms in total. The maximum atomic E-state index is 13.1. The summed E-state index contributed by atoms with van der Waals surface area (Å²) in [6.07, 6.45) is 66.5. The van der Waals surface area contributed by atoms with Gasteiger partial charge in [-0.15, -0.1) is 0 Å². The molecular weight excluding hydrogens is 1320 g/mol. The number of aliphatic hydroxyl groups is 1. The van der Waals surface area contributed by atoms with Crippen LogP contribution in [-0.4, -0.2) is 96.7 Å². The Bertz CT molecular complexity index is 1930. The highest BCUT2D eigenvalue weighted by molar-refractivity contribution is 7.47. The van der Waals surface area contributed by atoms with Crippen molar-refractivity contribution in [1.82, 2.24) is 0 Å². The van der Waals surface area contributed by atoms with Gasteiger partial charge in [-0.3, -0.25) is 37.3 Å². The van der Waals surface area contributed by atoms with Crippen LogP contribution in [0.4, 0.5) is 0 Å². The van der Waals surface area contributed by atoms with Crippen LogP contribution in [0.1, 0.15) is 439 Å². The van der Waals surface area contributed by atoms with Gasteiger partial charge in [-0.1, -0.05) is 388 Å². The molecule has 0 spiro atoms. The monoisotopic (exact) mass is 1480 g/mol. The van der Waals surface area contributed by atoms with Gasteiger partial charge < -0.3 is 33.8 Å². The van der Waals surface area contributed by atoms with E-state index in [0.717, 1.165) is 95.8 Å². The number of hydrogen-bond donors (Lipinski definition) is 3. The second-order valence-electron chi connectivity index (χ2n) is 30.0. The van der Waals surface area contributed by atoms with Gasteiger partial charge in [0.15, 0.2) is 12.2 Å². The minimum atomic E-state index is -4.96. The number of carbonyl (C=O) groups excluding carboxylic acids is 4. The summed E-state index contributed by atoms with van der Waals surface area (Å²) in [5, 5.41) is 10.6. The molecular formula is C82H160O17P2. The molecule has 0 radical (unpaired) electrons. The molecule has 0 aromatic rings. The molecule has 3 N–H and O–H groups in total. The second kappa shape index (κ2) is 74.9. The molecule has 0 aromatic heterocycles. The summed E-state index contributed by atoms with van der Waals surface area (Å²) < 4.78 is 68.8. The molecule has 0 aliphatic heterocycles. The van der Waals surface area contributed by atoms with Gasteiger partial charge in [0.2, 0.25) is 0 Å². The lowest BCUT2D eigenvalue weighted by molar-refractivity contribution is -0.161. The Morgan fingerprint density at radius 1 is 0.267 bits per heavy atom. The van der Waals surface area contributed by atoms with E-state index in [4.69, 9.17) is 37.0 Å². The number of carbonyl (C=O) groups is 4. The van der Waals surface area contributed by atoms with Crippen molar-refractivity contribution in [3.05, 3.63) is 0 Å². The zero-order valence-corrected chi connectivity index (χ0v) is 67.8. The fraction of sp³-hybridized carbons (Fsp3) is 0.951. The number of phosphoric acid groups is 2. The Hall–Kier alpha value is -1.94. The van der Waals surface area contributed by atoms with Crippen molar-refractivity contribution in [2.75, 3.05) is 39.6 Å². The molecule has 600 valence electrons. The molecule has 0 bridgehead atoms. The van der Waals surface area contributed by atoms with Gasteiger partial charge in [0.25, 0.3) is 0 Å². The van der Waals surface area contributed by atoms with E-state index in [1.165, 1.54) is 263 Å². The van der Waals surface area contributed by atoms with Crippen LogP contribution in [0.15, 0.2) is 0 Å². The highest BCUT2D eigenvalue weighted by atomic mass is 31.2. The first-order valence-corrected chi connectivity index (χ1v) is 45.6. The summed E-state index contributed by atoms with van der Waals surface area (Å²) >= 11 is 0. The lowest BCUT2D eigenvalue weighted by atomic mass is 10.0. The smallest absolute Gasteiger partial charge is 0.462 e. The van der Waals surface area contributed by atoms with E-state index in [0.29, 0.717) is 25.7 Å². The Morgan fingerprint density at radius 3 is 0.673 bits per heavy atom. The maximum absolute atomic E-state index is 13.1. The lowest BCUT2D eigenvalue weighted by Gasteiger charge is -2.21. The van der Waals surface area contributed by atoms with Gasteiger partial charge in [-0.25, -0.2) is 9.13 Å². The third kappa shape index (κ3) is 76.1. The summed E-state index contributed by atoms with van der Waals surface area (Å²) in [4.78, 5) is 73.1. The van der Waals surface area contributed by atoms with Crippen LogP contribution in [0.2, 0.25) is 0 Å². The molecule has 5 atom stereocenters. The van der Waals surface area contributed by atoms with E-state index in [1.807, 2.05) is 0 Å². The van der Waals surface area contributed by atoms with Crippen molar-refractivity contribution in [2.45, 2.75) is 457 Å². The van der Waals surface area contributed by atoms with Crippen molar-refractivity contribution in [3.8, 4) is 0 Å². The SMILES string of the molecule is CCCCCCCCCCCCCCCCCCCCCCCC(=O)O[C@H](COC(=O)CCCCCCCCCCCCCC(C)C)COP(=O)(O)OC[C@@H](O)COP(=O)(O)OC[C@@H](COC(=O)CCCCCCCCCCCCCC)OC(=O)CCCCCCCCCCCCCCCC. The second-order valence-corrected chi connectivity index (χ2v) is 32.9. The molecule has 0 saturated carbocycles. The predicted octanol–water partition coefficient (Wildman–Crippen LogP) is 24.8. The third-order valence-electron chi connectivity index (χ3n) is 19.3.